The maximum atomic E-state index is 13.3. The summed E-state index contributed by atoms with van der Waals surface area (Å²) in [5.74, 6) is 0.0611. The van der Waals surface area contributed by atoms with Crippen molar-refractivity contribution in [3.8, 4) is 5.75 Å². The van der Waals surface area contributed by atoms with Crippen LogP contribution in [0, 0.1) is 0 Å². The predicted molar refractivity (Wildman–Crippen MR) is 50.9 cm³/mol. The third-order valence-electron chi connectivity index (χ3n) is 2.10. The summed E-state index contributed by atoms with van der Waals surface area (Å²) in [6.45, 7) is -0.391. The van der Waals surface area contributed by atoms with Crippen molar-refractivity contribution in [1.29, 1.82) is 0 Å². The van der Waals surface area contributed by atoms with Gasteiger partial charge in [0, 0.05) is 12.1 Å². The molecular formula is C10H11F4NO. The van der Waals surface area contributed by atoms with Crippen molar-refractivity contribution < 1.29 is 22.3 Å². The van der Waals surface area contributed by atoms with E-state index in [4.69, 9.17) is 10.5 Å². The summed E-state index contributed by atoms with van der Waals surface area (Å²) in [4.78, 5) is 0. The molecule has 1 aromatic rings. The van der Waals surface area contributed by atoms with Gasteiger partial charge >= 0.3 is 6.18 Å². The molecule has 2 N–H and O–H groups in total. The van der Waals surface area contributed by atoms with E-state index >= 15 is 0 Å². The molecule has 0 radical (unpaired) electrons. The minimum atomic E-state index is -4.50. The fraction of sp³-hybridized carbons (Fsp3) is 0.400. The minimum absolute atomic E-state index is 0.0611. The van der Waals surface area contributed by atoms with Crippen molar-refractivity contribution in [2.75, 3.05) is 13.7 Å². The molecule has 0 aliphatic rings. The van der Waals surface area contributed by atoms with Gasteiger partial charge in [0.1, 0.15) is 11.9 Å². The highest BCUT2D eigenvalue weighted by Gasteiger charge is 2.32. The maximum Gasteiger partial charge on any atom is 0.416 e. The van der Waals surface area contributed by atoms with Crippen LogP contribution in [-0.2, 0) is 6.18 Å². The summed E-state index contributed by atoms with van der Waals surface area (Å²) in [6.07, 6.45) is -6.17. The Balaban J connectivity index is 3.21. The average Bonchev–Trinajstić information content (AvgIpc) is 2.25. The second-order valence-electron chi connectivity index (χ2n) is 3.16. The Morgan fingerprint density at radius 2 is 2.00 bits per heavy atom. The summed E-state index contributed by atoms with van der Waals surface area (Å²) in [5, 5.41) is 0. The smallest absolute Gasteiger partial charge is 0.416 e. The number of halogens is 4. The molecule has 0 saturated heterocycles. The lowest BCUT2D eigenvalue weighted by Gasteiger charge is -2.14. The number of hydrogen-bond donors (Lipinski definition) is 1. The molecule has 0 amide bonds. The first-order chi connectivity index (χ1) is 7.40. The molecule has 16 heavy (non-hydrogen) atoms. The fourth-order valence-electron chi connectivity index (χ4n) is 1.28. The molecule has 1 rings (SSSR count). The number of rotatable bonds is 3. The third kappa shape index (κ3) is 2.63. The summed E-state index contributed by atoms with van der Waals surface area (Å²) >= 11 is 0. The molecule has 6 heteroatoms. The van der Waals surface area contributed by atoms with Crippen LogP contribution in [0.5, 0.6) is 5.75 Å². The van der Waals surface area contributed by atoms with Gasteiger partial charge in [0.25, 0.3) is 0 Å². The number of methoxy groups -OCH3 is 1. The van der Waals surface area contributed by atoms with E-state index in [1.54, 1.807) is 0 Å². The van der Waals surface area contributed by atoms with E-state index in [9.17, 15) is 17.6 Å². The Morgan fingerprint density at radius 3 is 2.44 bits per heavy atom. The zero-order valence-electron chi connectivity index (χ0n) is 8.51. The van der Waals surface area contributed by atoms with Gasteiger partial charge in [-0.05, 0) is 18.2 Å². The van der Waals surface area contributed by atoms with Crippen molar-refractivity contribution in [2.45, 2.75) is 12.3 Å². The fourth-order valence-corrected chi connectivity index (χ4v) is 1.28. The van der Waals surface area contributed by atoms with Crippen LogP contribution in [0.2, 0.25) is 0 Å². The molecule has 2 nitrogen and oxygen atoms in total. The zero-order chi connectivity index (χ0) is 12.3. The highest BCUT2D eigenvalue weighted by molar-refractivity contribution is 5.40. The van der Waals surface area contributed by atoms with Crippen molar-refractivity contribution in [2.24, 2.45) is 5.73 Å². The third-order valence-corrected chi connectivity index (χ3v) is 2.10. The van der Waals surface area contributed by atoms with Crippen LogP contribution in [0.1, 0.15) is 17.3 Å². The Kier molecular flexibility index (Phi) is 3.74. The van der Waals surface area contributed by atoms with Crippen LogP contribution >= 0.6 is 0 Å². The molecule has 0 aromatic heterocycles. The highest BCUT2D eigenvalue weighted by Crippen LogP contribution is 2.35. The van der Waals surface area contributed by atoms with E-state index < -0.39 is 24.5 Å². The SMILES string of the molecule is COc1ccc(C(F)(F)F)cc1C(F)CN. The molecule has 0 saturated carbocycles. The molecule has 0 fully saturated rings. The van der Waals surface area contributed by atoms with Gasteiger partial charge in [-0.15, -0.1) is 0 Å². The van der Waals surface area contributed by atoms with E-state index in [1.165, 1.54) is 7.11 Å². The van der Waals surface area contributed by atoms with Gasteiger partial charge in [0.15, 0.2) is 0 Å². The molecule has 1 unspecified atom stereocenters. The van der Waals surface area contributed by atoms with E-state index in [0.717, 1.165) is 18.2 Å². The van der Waals surface area contributed by atoms with Gasteiger partial charge in [0.2, 0.25) is 0 Å². The molecule has 0 spiro atoms. The van der Waals surface area contributed by atoms with Crippen molar-refractivity contribution in [3.63, 3.8) is 0 Å². The number of alkyl halides is 4. The van der Waals surface area contributed by atoms with Gasteiger partial charge < -0.3 is 10.5 Å². The zero-order valence-corrected chi connectivity index (χ0v) is 8.51. The number of hydrogen-bond acceptors (Lipinski definition) is 2. The quantitative estimate of drug-likeness (QED) is 0.820. The Labute approximate surface area is 90.0 Å². The van der Waals surface area contributed by atoms with Gasteiger partial charge in [0.05, 0.1) is 12.7 Å². The summed E-state index contributed by atoms with van der Waals surface area (Å²) in [7, 11) is 1.26. The largest absolute Gasteiger partial charge is 0.496 e. The second kappa shape index (κ2) is 4.69. The number of ether oxygens (including phenoxy) is 1. The van der Waals surface area contributed by atoms with Crippen LogP contribution in [-0.4, -0.2) is 13.7 Å². The van der Waals surface area contributed by atoms with Crippen LogP contribution in [0.15, 0.2) is 18.2 Å². The monoisotopic (exact) mass is 237 g/mol. The van der Waals surface area contributed by atoms with Crippen LogP contribution in [0.25, 0.3) is 0 Å². The molecule has 1 atom stereocenters. The topological polar surface area (TPSA) is 35.2 Å². The van der Waals surface area contributed by atoms with E-state index in [1.807, 2.05) is 0 Å². The van der Waals surface area contributed by atoms with Crippen LogP contribution in [0.4, 0.5) is 17.6 Å². The lowest BCUT2D eigenvalue weighted by atomic mass is 10.1. The molecule has 1 aromatic carbocycles. The van der Waals surface area contributed by atoms with Crippen molar-refractivity contribution in [3.05, 3.63) is 29.3 Å². The maximum absolute atomic E-state index is 13.3. The molecule has 0 heterocycles. The van der Waals surface area contributed by atoms with E-state index in [2.05, 4.69) is 0 Å². The normalized spacial score (nSPS) is 13.6. The Bertz CT molecular complexity index is 364. The average molecular weight is 237 g/mol. The van der Waals surface area contributed by atoms with Crippen LogP contribution < -0.4 is 10.5 Å². The van der Waals surface area contributed by atoms with Crippen molar-refractivity contribution in [1.82, 2.24) is 0 Å². The molecular weight excluding hydrogens is 226 g/mol. The first kappa shape index (κ1) is 12.8. The number of benzene rings is 1. The van der Waals surface area contributed by atoms with Crippen LogP contribution in [0.3, 0.4) is 0 Å². The summed E-state index contributed by atoms with van der Waals surface area (Å²) < 4.78 is 55.2. The Hall–Kier alpha value is -1.30. The molecule has 0 aliphatic carbocycles. The number of nitrogens with two attached hydrogens (primary N) is 1. The van der Waals surface area contributed by atoms with Gasteiger partial charge in [-0.3, -0.25) is 0 Å². The highest BCUT2D eigenvalue weighted by atomic mass is 19.4. The lowest BCUT2D eigenvalue weighted by molar-refractivity contribution is -0.137. The minimum Gasteiger partial charge on any atom is -0.496 e. The molecule has 90 valence electrons. The Morgan fingerprint density at radius 1 is 1.38 bits per heavy atom. The summed E-state index contributed by atoms with van der Waals surface area (Å²) in [6, 6.07) is 2.64. The molecule has 0 aliphatic heterocycles. The van der Waals surface area contributed by atoms with E-state index in [-0.39, 0.29) is 11.3 Å². The summed E-state index contributed by atoms with van der Waals surface area (Å²) in [5.41, 5.74) is 3.98. The predicted octanol–water partition coefficient (Wildman–Crippen LogP) is 2.68. The lowest BCUT2D eigenvalue weighted by Crippen LogP contribution is -2.11. The first-order valence-corrected chi connectivity index (χ1v) is 4.49. The second-order valence-corrected chi connectivity index (χ2v) is 3.16. The van der Waals surface area contributed by atoms with E-state index in [0.29, 0.717) is 0 Å². The first-order valence-electron chi connectivity index (χ1n) is 4.49. The van der Waals surface area contributed by atoms with Gasteiger partial charge in [-0.25, -0.2) is 4.39 Å². The van der Waals surface area contributed by atoms with Gasteiger partial charge in [-0.2, -0.15) is 13.2 Å². The van der Waals surface area contributed by atoms with Gasteiger partial charge in [-0.1, -0.05) is 0 Å². The molecule has 0 bridgehead atoms. The van der Waals surface area contributed by atoms with Crippen molar-refractivity contribution >= 4 is 0 Å². The standard InChI is InChI=1S/C10H11F4NO/c1-16-9-3-2-6(10(12,13)14)4-7(9)8(11)5-15/h2-4,8H,5,15H2,1H3.